The molecule has 0 saturated carbocycles. The number of hydrogen-bond donors (Lipinski definition) is 0. The van der Waals surface area contributed by atoms with Crippen LogP contribution in [0.5, 0.6) is 0 Å². The van der Waals surface area contributed by atoms with Gasteiger partial charge in [-0.05, 0) is 11.8 Å². The van der Waals surface area contributed by atoms with Crippen LogP contribution in [-0.4, -0.2) is 51.2 Å². The second-order valence-electron chi connectivity index (χ2n) is 7.38. The van der Waals surface area contributed by atoms with E-state index >= 15 is 0 Å². The monoisotopic (exact) mass is 380 g/mol. The third-order valence-corrected chi connectivity index (χ3v) is 4.93. The first-order valence-electron chi connectivity index (χ1n) is 9.23. The van der Waals surface area contributed by atoms with Gasteiger partial charge >= 0.3 is 0 Å². The van der Waals surface area contributed by atoms with Crippen LogP contribution in [0.25, 0.3) is 0 Å². The normalized spacial score (nSPS) is 15.4. The fraction of sp³-hybridized carbons (Fsp3) is 0.765. The molecule has 0 aliphatic carbocycles. The summed E-state index contributed by atoms with van der Waals surface area (Å²) in [5.74, 6) is 3.97. The molecule has 9 heteroatoms. The van der Waals surface area contributed by atoms with E-state index in [1.807, 2.05) is 0 Å². The molecule has 3 rings (SSSR count). The summed E-state index contributed by atoms with van der Waals surface area (Å²) in [5.41, 5.74) is 0. The smallest absolute Gasteiger partial charge is 0.228 e. The first-order chi connectivity index (χ1) is 12.5. The molecule has 2 aromatic heterocycles. The Morgan fingerprint density at radius 3 is 2.54 bits per heavy atom. The molecule has 0 N–H and O–H groups in total. The highest BCUT2D eigenvalue weighted by atomic mass is 32.2. The number of ether oxygens (including phenoxy) is 1. The minimum Gasteiger partial charge on any atom is -0.378 e. The maximum Gasteiger partial charge on any atom is 0.228 e. The van der Waals surface area contributed by atoms with Gasteiger partial charge in [-0.15, -0.1) is 10.2 Å². The van der Waals surface area contributed by atoms with Crippen molar-refractivity contribution in [1.82, 2.24) is 24.9 Å². The van der Waals surface area contributed by atoms with Gasteiger partial charge in [0.1, 0.15) is 0 Å². The van der Waals surface area contributed by atoms with E-state index in [0.29, 0.717) is 29.3 Å². The zero-order valence-corrected chi connectivity index (χ0v) is 16.8. The van der Waals surface area contributed by atoms with E-state index in [2.05, 4.69) is 57.5 Å². The molecule has 26 heavy (non-hydrogen) atoms. The second-order valence-corrected chi connectivity index (χ2v) is 8.32. The first-order valence-corrected chi connectivity index (χ1v) is 10.2. The van der Waals surface area contributed by atoms with Crippen molar-refractivity contribution >= 4 is 17.7 Å². The molecule has 1 saturated heterocycles. The van der Waals surface area contributed by atoms with Gasteiger partial charge in [0.25, 0.3) is 0 Å². The lowest BCUT2D eigenvalue weighted by molar-refractivity contribution is 0.121. The summed E-state index contributed by atoms with van der Waals surface area (Å²) in [7, 11) is 0. The highest BCUT2D eigenvalue weighted by Gasteiger charge is 2.21. The minimum atomic E-state index is 0.501. The van der Waals surface area contributed by atoms with Crippen molar-refractivity contribution in [2.45, 2.75) is 51.6 Å². The summed E-state index contributed by atoms with van der Waals surface area (Å²) >= 11 is 1.61. The average molecular weight is 381 g/mol. The zero-order chi connectivity index (χ0) is 18.5. The summed E-state index contributed by atoms with van der Waals surface area (Å²) in [5, 5.41) is 13.8. The van der Waals surface area contributed by atoms with Gasteiger partial charge in [-0.1, -0.05) is 44.6 Å². The molecule has 1 fully saturated rings. The standard InChI is InChI=1S/C17H28N6O2S/c1-12(2)9-15-18-14(21-25-15)11-26-17-20-19-16(23(17)10-13(3)4)22-5-7-24-8-6-22/h12-13H,5-11H2,1-4H3. The maximum atomic E-state index is 5.45. The van der Waals surface area contributed by atoms with Crippen LogP contribution in [0.4, 0.5) is 5.95 Å². The predicted octanol–water partition coefficient (Wildman–Crippen LogP) is 2.64. The largest absolute Gasteiger partial charge is 0.378 e. The molecule has 0 atom stereocenters. The van der Waals surface area contributed by atoms with Gasteiger partial charge in [0.15, 0.2) is 11.0 Å². The van der Waals surface area contributed by atoms with Crippen molar-refractivity contribution < 1.29 is 9.26 Å². The summed E-state index contributed by atoms with van der Waals surface area (Å²) in [6.07, 6.45) is 0.808. The van der Waals surface area contributed by atoms with Gasteiger partial charge in [-0.2, -0.15) is 4.98 Å². The second kappa shape index (κ2) is 8.85. The summed E-state index contributed by atoms with van der Waals surface area (Å²) in [6, 6.07) is 0. The molecule has 144 valence electrons. The van der Waals surface area contributed by atoms with Gasteiger partial charge in [0.05, 0.1) is 19.0 Å². The van der Waals surface area contributed by atoms with E-state index in [9.17, 15) is 0 Å². The molecule has 0 unspecified atom stereocenters. The SMILES string of the molecule is CC(C)Cc1nc(CSc2nnc(N3CCOCC3)n2CC(C)C)no1. The molecule has 0 aromatic carbocycles. The van der Waals surface area contributed by atoms with Gasteiger partial charge in [-0.25, -0.2) is 0 Å². The molecular formula is C17H28N6O2S. The molecule has 8 nitrogen and oxygen atoms in total. The van der Waals surface area contributed by atoms with Crippen LogP contribution in [0.2, 0.25) is 0 Å². The van der Waals surface area contributed by atoms with Crippen LogP contribution in [-0.2, 0) is 23.5 Å². The molecule has 0 amide bonds. The van der Waals surface area contributed by atoms with E-state index in [4.69, 9.17) is 9.26 Å². The van der Waals surface area contributed by atoms with E-state index in [1.165, 1.54) is 0 Å². The molecule has 3 heterocycles. The Kier molecular flexibility index (Phi) is 6.53. The van der Waals surface area contributed by atoms with Crippen molar-refractivity contribution in [3.8, 4) is 0 Å². The van der Waals surface area contributed by atoms with Gasteiger partial charge in [-0.3, -0.25) is 4.57 Å². The van der Waals surface area contributed by atoms with Crippen molar-refractivity contribution in [2.75, 3.05) is 31.2 Å². The summed E-state index contributed by atoms with van der Waals surface area (Å²) < 4.78 is 13.0. The third-order valence-electron chi connectivity index (χ3n) is 3.96. The van der Waals surface area contributed by atoms with Gasteiger partial charge in [0.2, 0.25) is 11.8 Å². The first kappa shape index (κ1) is 19.2. The molecule has 2 aromatic rings. The quantitative estimate of drug-likeness (QED) is 0.647. The van der Waals surface area contributed by atoms with Crippen LogP contribution < -0.4 is 4.90 Å². The fourth-order valence-corrected chi connectivity index (χ4v) is 3.61. The van der Waals surface area contributed by atoms with Crippen molar-refractivity contribution in [3.63, 3.8) is 0 Å². The molecule has 1 aliphatic rings. The van der Waals surface area contributed by atoms with Crippen molar-refractivity contribution in [3.05, 3.63) is 11.7 Å². The van der Waals surface area contributed by atoms with E-state index in [0.717, 1.165) is 50.4 Å². The Morgan fingerprint density at radius 1 is 1.08 bits per heavy atom. The molecular weight excluding hydrogens is 352 g/mol. The number of morpholine rings is 1. The van der Waals surface area contributed by atoms with Crippen LogP contribution in [0, 0.1) is 11.8 Å². The number of anilines is 1. The van der Waals surface area contributed by atoms with E-state index < -0.39 is 0 Å². The zero-order valence-electron chi connectivity index (χ0n) is 16.0. The molecule has 0 radical (unpaired) electrons. The average Bonchev–Trinajstić information content (AvgIpc) is 3.20. The van der Waals surface area contributed by atoms with Crippen molar-refractivity contribution in [1.29, 1.82) is 0 Å². The van der Waals surface area contributed by atoms with Gasteiger partial charge in [0, 0.05) is 26.1 Å². The number of hydrogen-bond acceptors (Lipinski definition) is 8. The Labute approximate surface area is 158 Å². The number of aromatic nitrogens is 5. The topological polar surface area (TPSA) is 82.1 Å². The fourth-order valence-electron chi connectivity index (χ4n) is 2.82. The maximum absolute atomic E-state index is 5.45. The third kappa shape index (κ3) is 4.97. The van der Waals surface area contributed by atoms with E-state index in [1.54, 1.807) is 11.8 Å². The Morgan fingerprint density at radius 2 is 1.85 bits per heavy atom. The van der Waals surface area contributed by atoms with Crippen LogP contribution >= 0.6 is 11.8 Å². The van der Waals surface area contributed by atoms with Crippen LogP contribution in [0.3, 0.4) is 0 Å². The molecule has 0 bridgehead atoms. The molecule has 1 aliphatic heterocycles. The summed E-state index contributed by atoms with van der Waals surface area (Å²) in [4.78, 5) is 6.72. The van der Waals surface area contributed by atoms with Crippen molar-refractivity contribution in [2.24, 2.45) is 11.8 Å². The highest BCUT2D eigenvalue weighted by Crippen LogP contribution is 2.26. The Bertz CT molecular complexity index is 693. The van der Waals surface area contributed by atoms with Gasteiger partial charge < -0.3 is 14.2 Å². The molecule has 0 spiro atoms. The number of nitrogens with zero attached hydrogens (tertiary/aromatic N) is 6. The number of rotatable bonds is 8. The van der Waals surface area contributed by atoms with E-state index in [-0.39, 0.29) is 0 Å². The summed E-state index contributed by atoms with van der Waals surface area (Å²) in [6.45, 7) is 12.7. The Balaban J connectivity index is 1.70. The Hall–Kier alpha value is -1.61. The van der Waals surface area contributed by atoms with Crippen LogP contribution in [0.15, 0.2) is 9.68 Å². The minimum absolute atomic E-state index is 0.501. The van der Waals surface area contributed by atoms with Crippen LogP contribution in [0.1, 0.15) is 39.4 Å². The lowest BCUT2D eigenvalue weighted by atomic mass is 10.1. The lowest BCUT2D eigenvalue weighted by Gasteiger charge is -2.28. The lowest BCUT2D eigenvalue weighted by Crippen LogP contribution is -2.38. The number of thioether (sulfide) groups is 1. The highest BCUT2D eigenvalue weighted by molar-refractivity contribution is 7.98. The predicted molar refractivity (Wildman–Crippen MR) is 100 cm³/mol.